The quantitative estimate of drug-likeness (QED) is 0.805. The molecular weight excluding hydrogens is 278 g/mol. The molecule has 0 N–H and O–H groups in total. The second kappa shape index (κ2) is 7.28. The molecule has 1 aromatic rings. The third-order valence-electron chi connectivity index (χ3n) is 4.04. The summed E-state index contributed by atoms with van der Waals surface area (Å²) in [5.41, 5.74) is 0.587. The first-order valence-corrected chi connectivity index (χ1v) is 7.66. The van der Waals surface area contributed by atoms with E-state index < -0.39 is 0 Å². The molecule has 0 aromatic heterocycles. The highest BCUT2D eigenvalue weighted by Crippen LogP contribution is 2.18. The minimum atomic E-state index is -0.0450. The van der Waals surface area contributed by atoms with Crippen molar-refractivity contribution in [3.05, 3.63) is 29.8 Å². The highest BCUT2D eigenvalue weighted by atomic mass is 16.5. The topological polar surface area (TPSA) is 56.6 Å². The van der Waals surface area contributed by atoms with Crippen molar-refractivity contribution in [1.29, 1.82) is 5.26 Å². The predicted octanol–water partition coefficient (Wildman–Crippen LogP) is 1.88. The fraction of sp³-hybridized carbons (Fsp3) is 0.529. The number of hydrogen-bond acceptors (Lipinski definition) is 4. The molecule has 1 fully saturated rings. The number of amides is 1. The van der Waals surface area contributed by atoms with Crippen LogP contribution >= 0.6 is 0 Å². The van der Waals surface area contributed by atoms with Gasteiger partial charge in [0.1, 0.15) is 12.4 Å². The smallest absolute Gasteiger partial charge is 0.240 e. The van der Waals surface area contributed by atoms with Crippen molar-refractivity contribution in [1.82, 2.24) is 9.80 Å². The molecule has 1 aliphatic heterocycles. The molecule has 0 spiro atoms. The third-order valence-corrected chi connectivity index (χ3v) is 4.04. The van der Waals surface area contributed by atoms with Gasteiger partial charge in [0.25, 0.3) is 0 Å². The van der Waals surface area contributed by atoms with Crippen molar-refractivity contribution < 1.29 is 9.53 Å². The van der Waals surface area contributed by atoms with E-state index in [1.54, 1.807) is 18.2 Å². The highest BCUT2D eigenvalue weighted by molar-refractivity contribution is 5.84. The van der Waals surface area contributed by atoms with Crippen LogP contribution in [0.3, 0.4) is 0 Å². The van der Waals surface area contributed by atoms with Gasteiger partial charge < -0.3 is 9.64 Å². The molecule has 5 heteroatoms. The summed E-state index contributed by atoms with van der Waals surface area (Å²) in [5, 5.41) is 8.86. The predicted molar refractivity (Wildman–Crippen MR) is 84.5 cm³/mol. The minimum Gasteiger partial charge on any atom is -0.492 e. The Morgan fingerprint density at radius 3 is 2.91 bits per heavy atom. The zero-order valence-corrected chi connectivity index (χ0v) is 13.5. The van der Waals surface area contributed by atoms with Gasteiger partial charge in [-0.2, -0.15) is 5.26 Å². The van der Waals surface area contributed by atoms with Gasteiger partial charge in [-0.3, -0.25) is 9.69 Å². The lowest BCUT2D eigenvalue weighted by Gasteiger charge is -2.25. The van der Waals surface area contributed by atoms with Crippen molar-refractivity contribution in [2.45, 2.75) is 32.4 Å². The van der Waals surface area contributed by atoms with Crippen molar-refractivity contribution in [3.63, 3.8) is 0 Å². The molecule has 0 bridgehead atoms. The van der Waals surface area contributed by atoms with Crippen LogP contribution in [0.4, 0.5) is 0 Å². The SMILES string of the molecule is CC(C)N1CC[C@@H](N(C)CCOc2cccc(C#N)c2)C1=O. The normalized spacial score (nSPS) is 18.1. The molecule has 1 amide bonds. The molecule has 0 aliphatic carbocycles. The molecule has 118 valence electrons. The van der Waals surface area contributed by atoms with E-state index in [1.165, 1.54) is 0 Å². The number of benzene rings is 1. The molecule has 0 radical (unpaired) electrons. The zero-order valence-electron chi connectivity index (χ0n) is 13.5. The summed E-state index contributed by atoms with van der Waals surface area (Å²) in [5.74, 6) is 0.901. The van der Waals surface area contributed by atoms with E-state index in [2.05, 4.69) is 11.0 Å². The molecule has 1 saturated heterocycles. The molecule has 5 nitrogen and oxygen atoms in total. The number of ether oxygens (including phenoxy) is 1. The molecule has 1 aliphatic rings. The third kappa shape index (κ3) is 3.77. The van der Waals surface area contributed by atoms with Crippen molar-refractivity contribution in [3.8, 4) is 11.8 Å². The van der Waals surface area contributed by atoms with E-state index in [9.17, 15) is 4.79 Å². The first-order chi connectivity index (χ1) is 10.5. The Hall–Kier alpha value is -2.06. The number of nitrogens with zero attached hydrogens (tertiary/aromatic N) is 3. The van der Waals surface area contributed by atoms with Crippen LogP contribution in [0.1, 0.15) is 25.8 Å². The van der Waals surface area contributed by atoms with Crippen molar-refractivity contribution in [2.24, 2.45) is 0 Å². The summed E-state index contributed by atoms with van der Waals surface area (Å²) in [6.07, 6.45) is 0.872. The second-order valence-corrected chi connectivity index (χ2v) is 5.90. The van der Waals surface area contributed by atoms with Crippen molar-refractivity contribution in [2.75, 3.05) is 26.7 Å². The Morgan fingerprint density at radius 2 is 2.27 bits per heavy atom. The number of nitriles is 1. The molecular formula is C17H23N3O2. The number of carbonyl (C=O) groups is 1. The zero-order chi connectivity index (χ0) is 16.1. The first-order valence-electron chi connectivity index (χ1n) is 7.66. The van der Waals surface area contributed by atoms with Gasteiger partial charge in [0.05, 0.1) is 17.7 Å². The molecule has 1 aromatic carbocycles. The van der Waals surface area contributed by atoms with Crippen LogP contribution in [-0.4, -0.2) is 54.5 Å². The Kier molecular flexibility index (Phi) is 5.40. The van der Waals surface area contributed by atoms with E-state index in [0.717, 1.165) is 13.0 Å². The first kappa shape index (κ1) is 16.3. The average molecular weight is 301 g/mol. The van der Waals surface area contributed by atoms with Crippen LogP contribution in [0.15, 0.2) is 24.3 Å². The van der Waals surface area contributed by atoms with E-state index in [-0.39, 0.29) is 18.0 Å². The Labute approximate surface area is 132 Å². The number of rotatable bonds is 6. The lowest BCUT2D eigenvalue weighted by Crippen LogP contribution is -2.43. The van der Waals surface area contributed by atoms with Gasteiger partial charge in [0.15, 0.2) is 0 Å². The maximum Gasteiger partial charge on any atom is 0.240 e. The number of likely N-dealkylation sites (N-methyl/N-ethyl adjacent to an activating group) is 1. The van der Waals surface area contributed by atoms with Crippen LogP contribution < -0.4 is 4.74 Å². The van der Waals surface area contributed by atoms with Crippen LogP contribution in [0.25, 0.3) is 0 Å². The fourth-order valence-corrected chi connectivity index (χ4v) is 2.73. The molecule has 0 saturated carbocycles. The van der Waals surface area contributed by atoms with Gasteiger partial charge in [0, 0.05) is 19.1 Å². The van der Waals surface area contributed by atoms with E-state index in [0.29, 0.717) is 24.5 Å². The summed E-state index contributed by atoms with van der Waals surface area (Å²) in [4.78, 5) is 16.3. The van der Waals surface area contributed by atoms with Crippen LogP contribution in [0.2, 0.25) is 0 Å². The molecule has 1 heterocycles. The highest BCUT2D eigenvalue weighted by Gasteiger charge is 2.35. The number of hydrogen-bond donors (Lipinski definition) is 0. The largest absolute Gasteiger partial charge is 0.492 e. The Bertz CT molecular complexity index is 565. The van der Waals surface area contributed by atoms with Crippen LogP contribution in [0.5, 0.6) is 5.75 Å². The summed E-state index contributed by atoms with van der Waals surface area (Å²) >= 11 is 0. The Balaban J connectivity index is 1.82. The van der Waals surface area contributed by atoms with Gasteiger partial charge in [-0.25, -0.2) is 0 Å². The summed E-state index contributed by atoms with van der Waals surface area (Å²) in [6, 6.07) is 9.42. The molecule has 0 unspecified atom stereocenters. The molecule has 1 atom stereocenters. The molecule has 22 heavy (non-hydrogen) atoms. The van der Waals surface area contributed by atoms with E-state index >= 15 is 0 Å². The Morgan fingerprint density at radius 1 is 1.50 bits per heavy atom. The summed E-state index contributed by atoms with van der Waals surface area (Å²) in [7, 11) is 1.96. The van der Waals surface area contributed by atoms with E-state index in [4.69, 9.17) is 10.00 Å². The standard InChI is InChI=1S/C17H23N3O2/c1-13(2)20-8-7-16(17(20)21)19(3)9-10-22-15-6-4-5-14(11-15)12-18/h4-6,11,13,16H,7-10H2,1-3H3/t16-/m1/s1. The average Bonchev–Trinajstić information content (AvgIpc) is 2.89. The lowest BCUT2D eigenvalue weighted by atomic mass is 10.2. The molecule has 2 rings (SSSR count). The monoisotopic (exact) mass is 301 g/mol. The van der Waals surface area contributed by atoms with Crippen LogP contribution in [0, 0.1) is 11.3 Å². The van der Waals surface area contributed by atoms with Gasteiger partial charge in [-0.15, -0.1) is 0 Å². The second-order valence-electron chi connectivity index (χ2n) is 5.90. The lowest BCUT2D eigenvalue weighted by molar-refractivity contribution is -0.133. The van der Waals surface area contributed by atoms with Crippen LogP contribution in [-0.2, 0) is 4.79 Å². The summed E-state index contributed by atoms with van der Waals surface area (Å²) < 4.78 is 5.67. The maximum atomic E-state index is 12.3. The minimum absolute atomic E-state index is 0.0450. The maximum absolute atomic E-state index is 12.3. The summed E-state index contributed by atoms with van der Waals surface area (Å²) in [6.45, 7) is 6.10. The van der Waals surface area contributed by atoms with Gasteiger partial charge >= 0.3 is 0 Å². The van der Waals surface area contributed by atoms with Crippen molar-refractivity contribution >= 4 is 5.91 Å². The van der Waals surface area contributed by atoms with E-state index in [1.807, 2.05) is 31.9 Å². The number of likely N-dealkylation sites (tertiary alicyclic amines) is 1. The number of carbonyl (C=O) groups excluding carboxylic acids is 1. The van der Waals surface area contributed by atoms with Gasteiger partial charge in [-0.05, 0) is 45.5 Å². The van der Waals surface area contributed by atoms with Gasteiger partial charge in [0.2, 0.25) is 5.91 Å². The fourth-order valence-electron chi connectivity index (χ4n) is 2.73. The van der Waals surface area contributed by atoms with Gasteiger partial charge in [-0.1, -0.05) is 6.07 Å².